The summed E-state index contributed by atoms with van der Waals surface area (Å²) in [7, 11) is 1.62. The minimum absolute atomic E-state index is 0.00312. The van der Waals surface area contributed by atoms with Crippen LogP contribution in [0.3, 0.4) is 0 Å². The minimum Gasteiger partial charge on any atom is -0.497 e. The predicted octanol–water partition coefficient (Wildman–Crippen LogP) is 4.94. The second kappa shape index (κ2) is 10.2. The number of hydrogen-bond acceptors (Lipinski definition) is 3. The number of carbonyl (C=O) groups is 1. The van der Waals surface area contributed by atoms with Gasteiger partial charge in [-0.1, -0.05) is 24.3 Å². The van der Waals surface area contributed by atoms with E-state index in [1.54, 1.807) is 19.2 Å². The van der Waals surface area contributed by atoms with Crippen LogP contribution in [0.4, 0.5) is 13.2 Å². The second-order valence-corrected chi connectivity index (χ2v) is 7.91. The summed E-state index contributed by atoms with van der Waals surface area (Å²) < 4.78 is 43.6. The highest BCUT2D eigenvalue weighted by atomic mass is 19.4. The lowest BCUT2D eigenvalue weighted by molar-refractivity contribution is -0.137. The van der Waals surface area contributed by atoms with Crippen LogP contribution in [0.2, 0.25) is 0 Å². The molecule has 1 aliphatic rings. The van der Waals surface area contributed by atoms with Crippen LogP contribution in [-0.4, -0.2) is 49.0 Å². The van der Waals surface area contributed by atoms with E-state index in [9.17, 15) is 18.0 Å². The van der Waals surface area contributed by atoms with Crippen molar-refractivity contribution in [3.05, 3.63) is 65.2 Å². The van der Waals surface area contributed by atoms with E-state index in [1.165, 1.54) is 0 Å². The molecule has 2 aromatic carbocycles. The molecule has 3 rings (SSSR count). The molecule has 1 atom stereocenters. The first-order chi connectivity index (χ1) is 14.8. The van der Waals surface area contributed by atoms with Gasteiger partial charge in [0.15, 0.2) is 0 Å². The molecule has 7 heteroatoms. The Labute approximate surface area is 181 Å². The summed E-state index contributed by atoms with van der Waals surface area (Å²) in [4.78, 5) is 16.8. The number of ether oxygens (including phenoxy) is 1. The fourth-order valence-corrected chi connectivity index (χ4v) is 3.94. The maximum Gasteiger partial charge on any atom is 0.416 e. The third-order valence-electron chi connectivity index (χ3n) is 5.94. The van der Waals surface area contributed by atoms with Crippen LogP contribution in [-0.2, 0) is 17.4 Å². The first-order valence-corrected chi connectivity index (χ1v) is 10.6. The summed E-state index contributed by atoms with van der Waals surface area (Å²) in [6, 6.07) is 13.1. The van der Waals surface area contributed by atoms with Gasteiger partial charge in [0.1, 0.15) is 5.75 Å². The zero-order valence-electron chi connectivity index (χ0n) is 18.0. The summed E-state index contributed by atoms with van der Waals surface area (Å²) in [5.41, 5.74) is 1.32. The van der Waals surface area contributed by atoms with Crippen LogP contribution in [0.25, 0.3) is 0 Å². The molecule has 1 aliphatic heterocycles. The highest BCUT2D eigenvalue weighted by Gasteiger charge is 2.30. The Morgan fingerprint density at radius 2 is 1.68 bits per heavy atom. The molecule has 0 N–H and O–H groups in total. The summed E-state index contributed by atoms with van der Waals surface area (Å²) in [5.74, 6) is 0.935. The van der Waals surface area contributed by atoms with Gasteiger partial charge in [-0.3, -0.25) is 9.69 Å². The molecule has 4 nitrogen and oxygen atoms in total. The number of carbonyl (C=O) groups excluding carboxylic acids is 1. The van der Waals surface area contributed by atoms with Gasteiger partial charge in [0, 0.05) is 38.6 Å². The number of alkyl halides is 3. The Morgan fingerprint density at radius 1 is 1.00 bits per heavy atom. The van der Waals surface area contributed by atoms with Crippen LogP contribution in [0.1, 0.15) is 42.5 Å². The monoisotopic (exact) mass is 434 g/mol. The summed E-state index contributed by atoms with van der Waals surface area (Å²) in [6.45, 7) is 4.86. The fourth-order valence-electron chi connectivity index (χ4n) is 3.94. The molecule has 1 fully saturated rings. The van der Waals surface area contributed by atoms with Gasteiger partial charge in [-0.15, -0.1) is 0 Å². The second-order valence-electron chi connectivity index (χ2n) is 7.91. The molecule has 0 bridgehead atoms. The third-order valence-corrected chi connectivity index (χ3v) is 5.94. The lowest BCUT2D eigenvalue weighted by Crippen LogP contribution is -2.36. The maximum atomic E-state index is 12.8. The van der Waals surface area contributed by atoms with Crippen LogP contribution in [0.5, 0.6) is 5.75 Å². The lowest BCUT2D eigenvalue weighted by Gasteiger charge is -2.28. The van der Waals surface area contributed by atoms with Crippen molar-refractivity contribution in [2.24, 2.45) is 0 Å². The molecule has 0 aliphatic carbocycles. The number of amides is 1. The number of benzene rings is 2. The third kappa shape index (κ3) is 6.23. The lowest BCUT2D eigenvalue weighted by atomic mass is 10.0. The summed E-state index contributed by atoms with van der Waals surface area (Å²) >= 11 is 0. The molecule has 168 valence electrons. The van der Waals surface area contributed by atoms with Gasteiger partial charge in [-0.05, 0) is 55.2 Å². The van der Waals surface area contributed by atoms with Gasteiger partial charge in [0.25, 0.3) is 0 Å². The van der Waals surface area contributed by atoms with Crippen molar-refractivity contribution in [3.63, 3.8) is 0 Å². The van der Waals surface area contributed by atoms with E-state index < -0.39 is 11.7 Å². The van der Waals surface area contributed by atoms with Crippen molar-refractivity contribution < 1.29 is 22.7 Å². The largest absolute Gasteiger partial charge is 0.497 e. The van der Waals surface area contributed by atoms with Crippen LogP contribution in [0, 0.1) is 0 Å². The highest BCUT2D eigenvalue weighted by molar-refractivity contribution is 5.76. The standard InChI is InChI=1S/C24H29F3N2O2/c1-18(20-7-9-21(10-8-20)24(25,26)27)28-14-3-15-29(17-16-28)23(30)13-6-19-4-11-22(31-2)12-5-19/h4-5,7-12,18H,3,6,13-17H2,1-2H3. The van der Waals surface area contributed by atoms with Crippen molar-refractivity contribution in [1.82, 2.24) is 9.80 Å². The van der Waals surface area contributed by atoms with Gasteiger partial charge in [0.2, 0.25) is 5.91 Å². The number of aryl methyl sites for hydroxylation is 1. The number of nitrogens with zero attached hydrogens (tertiary/aromatic N) is 2. The van der Waals surface area contributed by atoms with Crippen molar-refractivity contribution in [1.29, 1.82) is 0 Å². The highest BCUT2D eigenvalue weighted by Crippen LogP contribution is 2.31. The Balaban J connectivity index is 1.52. The topological polar surface area (TPSA) is 32.8 Å². The van der Waals surface area contributed by atoms with Crippen molar-refractivity contribution in [2.45, 2.75) is 38.4 Å². The van der Waals surface area contributed by atoms with Crippen LogP contribution in [0.15, 0.2) is 48.5 Å². The molecule has 0 aromatic heterocycles. The molecule has 0 saturated carbocycles. The predicted molar refractivity (Wildman–Crippen MR) is 114 cm³/mol. The van der Waals surface area contributed by atoms with Crippen molar-refractivity contribution in [2.75, 3.05) is 33.3 Å². The summed E-state index contributed by atoms with van der Waals surface area (Å²) in [6.07, 6.45) is -2.33. The van der Waals surface area contributed by atoms with Crippen LogP contribution < -0.4 is 4.74 Å². The first-order valence-electron chi connectivity index (χ1n) is 10.6. The average molecular weight is 435 g/mol. The number of methoxy groups -OCH3 is 1. The number of rotatable bonds is 6. The first kappa shape index (κ1) is 23.1. The molecule has 2 aromatic rings. The Hall–Kier alpha value is -2.54. The van der Waals surface area contributed by atoms with E-state index >= 15 is 0 Å². The van der Waals surface area contributed by atoms with Gasteiger partial charge < -0.3 is 9.64 Å². The molecule has 31 heavy (non-hydrogen) atoms. The van der Waals surface area contributed by atoms with E-state index in [-0.39, 0.29) is 11.9 Å². The zero-order chi connectivity index (χ0) is 22.4. The minimum atomic E-state index is -4.32. The molecular weight excluding hydrogens is 405 g/mol. The SMILES string of the molecule is COc1ccc(CCC(=O)N2CCCN(C(C)c3ccc(C(F)(F)F)cc3)CC2)cc1. The van der Waals surface area contributed by atoms with Crippen LogP contribution >= 0.6 is 0 Å². The summed E-state index contributed by atoms with van der Waals surface area (Å²) in [5, 5.41) is 0. The smallest absolute Gasteiger partial charge is 0.416 e. The number of hydrogen-bond donors (Lipinski definition) is 0. The van der Waals surface area contributed by atoms with Gasteiger partial charge in [-0.25, -0.2) is 0 Å². The quantitative estimate of drug-likeness (QED) is 0.646. The number of halogens is 3. The van der Waals surface area contributed by atoms with E-state index in [0.29, 0.717) is 32.5 Å². The molecule has 1 heterocycles. The van der Waals surface area contributed by atoms with Crippen molar-refractivity contribution in [3.8, 4) is 5.75 Å². The zero-order valence-corrected chi connectivity index (χ0v) is 18.0. The van der Waals surface area contributed by atoms with E-state index in [1.807, 2.05) is 36.1 Å². The molecule has 1 saturated heterocycles. The fraction of sp³-hybridized carbons (Fsp3) is 0.458. The molecule has 1 amide bonds. The molecule has 0 radical (unpaired) electrons. The Bertz CT molecular complexity index is 851. The van der Waals surface area contributed by atoms with Gasteiger partial charge >= 0.3 is 6.18 Å². The molecular formula is C24H29F3N2O2. The van der Waals surface area contributed by atoms with E-state index in [4.69, 9.17) is 4.74 Å². The van der Waals surface area contributed by atoms with Crippen molar-refractivity contribution >= 4 is 5.91 Å². The average Bonchev–Trinajstić information content (AvgIpc) is 3.03. The van der Waals surface area contributed by atoms with Gasteiger partial charge in [0.05, 0.1) is 12.7 Å². The Kier molecular flexibility index (Phi) is 7.59. The van der Waals surface area contributed by atoms with Gasteiger partial charge in [-0.2, -0.15) is 13.2 Å². The Morgan fingerprint density at radius 3 is 2.29 bits per heavy atom. The van der Waals surface area contributed by atoms with E-state index in [0.717, 1.165) is 42.0 Å². The maximum absolute atomic E-state index is 12.8. The normalized spacial score (nSPS) is 16.6. The molecule has 1 unspecified atom stereocenters. The van der Waals surface area contributed by atoms with E-state index in [2.05, 4.69) is 4.90 Å². The molecule has 0 spiro atoms.